The molecule has 7 heteroatoms. The molecule has 0 aliphatic carbocycles. The molecule has 26 heavy (non-hydrogen) atoms. The second kappa shape index (κ2) is 8.83. The molecular formula is C19H15BrN2O4. The minimum Gasteiger partial charge on any atom is -0.481 e. The molecule has 2 rings (SSSR count). The van der Waals surface area contributed by atoms with E-state index in [1.807, 2.05) is 25.1 Å². The summed E-state index contributed by atoms with van der Waals surface area (Å²) >= 11 is 3.28. The number of amides is 1. The molecular weight excluding hydrogens is 400 g/mol. The zero-order chi connectivity index (χ0) is 19.1. The predicted molar refractivity (Wildman–Crippen MR) is 101 cm³/mol. The van der Waals surface area contributed by atoms with Crippen LogP contribution < -0.4 is 10.1 Å². The van der Waals surface area contributed by atoms with Crippen molar-refractivity contribution >= 4 is 39.6 Å². The van der Waals surface area contributed by atoms with Crippen LogP contribution in [0.1, 0.15) is 11.1 Å². The van der Waals surface area contributed by atoms with Crippen LogP contribution in [0.15, 0.2) is 52.5 Å². The molecule has 0 radical (unpaired) electrons. The largest absolute Gasteiger partial charge is 0.481 e. The second-order valence-corrected chi connectivity index (χ2v) is 6.22. The first-order valence-corrected chi connectivity index (χ1v) is 8.32. The SMILES string of the molecule is Cc1cccc(NC(=O)C(C#N)=Cc2ccc(OCC(=O)O)c(Br)c2)c1. The number of nitrogens with one attached hydrogen (secondary N) is 1. The Morgan fingerprint density at radius 2 is 2.08 bits per heavy atom. The standard InChI is InChI=1S/C19H15BrN2O4/c1-12-3-2-4-15(7-12)22-19(25)14(10-21)8-13-5-6-17(16(20)9-13)26-11-18(23)24/h2-9H,11H2,1H3,(H,22,25)(H,23,24). The van der Waals surface area contributed by atoms with Crippen LogP contribution in [0.3, 0.4) is 0 Å². The summed E-state index contributed by atoms with van der Waals surface area (Å²) in [6.45, 7) is 1.44. The number of hydrogen-bond donors (Lipinski definition) is 2. The fourth-order valence-corrected chi connectivity index (χ4v) is 2.61. The number of carbonyl (C=O) groups excluding carboxylic acids is 1. The third-order valence-electron chi connectivity index (χ3n) is 3.26. The Morgan fingerprint density at radius 1 is 1.31 bits per heavy atom. The molecule has 6 nitrogen and oxygen atoms in total. The monoisotopic (exact) mass is 414 g/mol. The lowest BCUT2D eigenvalue weighted by Crippen LogP contribution is -2.13. The van der Waals surface area contributed by atoms with Crippen molar-refractivity contribution in [3.05, 3.63) is 63.6 Å². The van der Waals surface area contributed by atoms with Gasteiger partial charge < -0.3 is 15.2 Å². The lowest BCUT2D eigenvalue weighted by molar-refractivity contribution is -0.139. The number of aliphatic carboxylic acids is 1. The van der Waals surface area contributed by atoms with Crippen molar-refractivity contribution in [3.8, 4) is 11.8 Å². The average molecular weight is 415 g/mol. The van der Waals surface area contributed by atoms with E-state index in [1.165, 1.54) is 6.08 Å². The zero-order valence-corrected chi connectivity index (χ0v) is 15.4. The summed E-state index contributed by atoms with van der Waals surface area (Å²) in [5, 5.41) is 20.6. The van der Waals surface area contributed by atoms with Crippen molar-refractivity contribution in [3.63, 3.8) is 0 Å². The maximum absolute atomic E-state index is 12.3. The number of halogens is 1. The Bertz CT molecular complexity index is 916. The van der Waals surface area contributed by atoms with Crippen molar-refractivity contribution in [2.45, 2.75) is 6.92 Å². The van der Waals surface area contributed by atoms with Crippen LogP contribution in [0.2, 0.25) is 0 Å². The van der Waals surface area contributed by atoms with Gasteiger partial charge in [0.2, 0.25) is 0 Å². The highest BCUT2D eigenvalue weighted by Gasteiger charge is 2.11. The molecule has 1 amide bonds. The number of anilines is 1. The Hall–Kier alpha value is -3.11. The molecule has 0 saturated carbocycles. The summed E-state index contributed by atoms with van der Waals surface area (Å²) < 4.78 is 5.63. The minimum atomic E-state index is -1.08. The van der Waals surface area contributed by atoms with E-state index in [0.29, 0.717) is 21.5 Å². The smallest absolute Gasteiger partial charge is 0.341 e. The van der Waals surface area contributed by atoms with Crippen LogP contribution in [0.5, 0.6) is 5.75 Å². The first kappa shape index (κ1) is 19.2. The molecule has 0 aliphatic heterocycles. The molecule has 2 N–H and O–H groups in total. The van der Waals surface area contributed by atoms with Gasteiger partial charge in [0.15, 0.2) is 6.61 Å². The van der Waals surface area contributed by atoms with Gasteiger partial charge in [0.25, 0.3) is 5.91 Å². The fraction of sp³-hybridized carbons (Fsp3) is 0.105. The van der Waals surface area contributed by atoms with Gasteiger partial charge >= 0.3 is 5.97 Å². The molecule has 0 aromatic heterocycles. The van der Waals surface area contributed by atoms with Gasteiger partial charge in [-0.2, -0.15) is 5.26 Å². The summed E-state index contributed by atoms with van der Waals surface area (Å²) in [7, 11) is 0. The fourth-order valence-electron chi connectivity index (χ4n) is 2.10. The van der Waals surface area contributed by atoms with E-state index >= 15 is 0 Å². The molecule has 2 aromatic rings. The molecule has 0 fully saturated rings. The highest BCUT2D eigenvalue weighted by molar-refractivity contribution is 9.10. The molecule has 132 valence electrons. The third kappa shape index (κ3) is 5.46. The highest BCUT2D eigenvalue weighted by atomic mass is 79.9. The maximum atomic E-state index is 12.3. The summed E-state index contributed by atoms with van der Waals surface area (Å²) in [6.07, 6.45) is 1.44. The number of nitrogens with zero attached hydrogens (tertiary/aromatic N) is 1. The number of hydrogen-bond acceptors (Lipinski definition) is 4. The van der Waals surface area contributed by atoms with Crippen molar-refractivity contribution < 1.29 is 19.4 Å². The topological polar surface area (TPSA) is 99.4 Å². The van der Waals surface area contributed by atoms with E-state index in [-0.39, 0.29) is 5.57 Å². The summed E-state index contributed by atoms with van der Waals surface area (Å²) in [5.74, 6) is -1.24. The molecule has 0 unspecified atom stereocenters. The normalized spacial score (nSPS) is 10.7. The number of rotatable bonds is 6. The van der Waals surface area contributed by atoms with Gasteiger partial charge in [-0.1, -0.05) is 18.2 Å². The molecule has 0 aliphatic rings. The van der Waals surface area contributed by atoms with E-state index in [0.717, 1.165) is 5.56 Å². The molecule has 0 bridgehead atoms. The average Bonchev–Trinajstić information content (AvgIpc) is 2.58. The van der Waals surface area contributed by atoms with Crippen molar-refractivity contribution in [1.82, 2.24) is 0 Å². The number of benzene rings is 2. The number of carboxylic acid groups (broad SMARTS) is 1. The number of carbonyl (C=O) groups is 2. The lowest BCUT2D eigenvalue weighted by Gasteiger charge is -2.07. The van der Waals surface area contributed by atoms with Gasteiger partial charge in [-0.15, -0.1) is 0 Å². The number of aryl methyl sites for hydroxylation is 1. The Morgan fingerprint density at radius 3 is 2.69 bits per heavy atom. The van der Waals surface area contributed by atoms with Crippen LogP contribution in [0, 0.1) is 18.3 Å². The van der Waals surface area contributed by atoms with Gasteiger partial charge in [0.1, 0.15) is 17.4 Å². The zero-order valence-electron chi connectivity index (χ0n) is 13.8. The van der Waals surface area contributed by atoms with Crippen molar-refractivity contribution in [2.24, 2.45) is 0 Å². The van der Waals surface area contributed by atoms with E-state index in [9.17, 15) is 14.9 Å². The third-order valence-corrected chi connectivity index (χ3v) is 3.88. The second-order valence-electron chi connectivity index (χ2n) is 5.37. The Balaban J connectivity index is 2.17. The van der Waals surface area contributed by atoms with Gasteiger partial charge in [-0.05, 0) is 64.3 Å². The Labute approximate surface area is 158 Å². The lowest BCUT2D eigenvalue weighted by atomic mass is 10.1. The first-order chi connectivity index (χ1) is 12.4. The minimum absolute atomic E-state index is 0.0578. The summed E-state index contributed by atoms with van der Waals surface area (Å²) in [4.78, 5) is 22.8. The van der Waals surface area contributed by atoms with Gasteiger partial charge in [0.05, 0.1) is 4.47 Å². The number of ether oxygens (including phenoxy) is 1. The van der Waals surface area contributed by atoms with E-state index in [1.54, 1.807) is 30.3 Å². The highest BCUT2D eigenvalue weighted by Crippen LogP contribution is 2.27. The van der Waals surface area contributed by atoms with Gasteiger partial charge in [-0.3, -0.25) is 4.79 Å². The predicted octanol–water partition coefficient (Wildman–Crippen LogP) is 3.77. The Kier molecular flexibility index (Phi) is 6.53. The van der Waals surface area contributed by atoms with Crippen molar-refractivity contribution in [2.75, 3.05) is 11.9 Å². The first-order valence-electron chi connectivity index (χ1n) is 7.53. The summed E-state index contributed by atoms with van der Waals surface area (Å²) in [5.41, 5.74) is 2.13. The molecule has 0 saturated heterocycles. The van der Waals surface area contributed by atoms with E-state index in [4.69, 9.17) is 9.84 Å². The van der Waals surface area contributed by atoms with E-state index < -0.39 is 18.5 Å². The maximum Gasteiger partial charge on any atom is 0.341 e. The van der Waals surface area contributed by atoms with Gasteiger partial charge in [-0.25, -0.2) is 4.79 Å². The number of nitriles is 1. The molecule has 2 aromatic carbocycles. The van der Waals surface area contributed by atoms with Crippen LogP contribution in [0.25, 0.3) is 6.08 Å². The van der Waals surface area contributed by atoms with Crippen LogP contribution in [-0.4, -0.2) is 23.6 Å². The molecule has 0 atom stereocenters. The molecule has 0 heterocycles. The molecule has 0 spiro atoms. The number of carboxylic acids is 1. The van der Waals surface area contributed by atoms with Gasteiger partial charge in [0, 0.05) is 5.69 Å². The van der Waals surface area contributed by atoms with Crippen LogP contribution >= 0.6 is 15.9 Å². The van der Waals surface area contributed by atoms with Crippen LogP contribution in [0.4, 0.5) is 5.69 Å². The summed E-state index contributed by atoms with van der Waals surface area (Å²) in [6, 6.07) is 14.0. The van der Waals surface area contributed by atoms with Crippen molar-refractivity contribution in [1.29, 1.82) is 5.26 Å². The quantitative estimate of drug-likeness (QED) is 0.553. The van der Waals surface area contributed by atoms with Crippen LogP contribution in [-0.2, 0) is 9.59 Å². The van der Waals surface area contributed by atoms with E-state index in [2.05, 4.69) is 21.2 Å².